The van der Waals surface area contributed by atoms with Gasteiger partial charge in [0.05, 0.1) is 39.6 Å². The highest BCUT2D eigenvalue weighted by molar-refractivity contribution is 5.84. The number of ether oxygens (including phenoxy) is 4. The van der Waals surface area contributed by atoms with Crippen LogP contribution in [0.25, 0.3) is 0 Å². The summed E-state index contributed by atoms with van der Waals surface area (Å²) in [5.41, 5.74) is 6.25. The summed E-state index contributed by atoms with van der Waals surface area (Å²) < 4.78 is 21.7. The number of amides is 1. The number of carbonyl (C=O) groups is 2. The Kier molecular flexibility index (Phi) is 14.3. The van der Waals surface area contributed by atoms with E-state index in [2.05, 4.69) is 19.2 Å². The molecule has 0 unspecified atom stereocenters. The zero-order valence-electron chi connectivity index (χ0n) is 19.9. The summed E-state index contributed by atoms with van der Waals surface area (Å²) in [5.74, 6) is 0.715. The van der Waals surface area contributed by atoms with E-state index in [-0.39, 0.29) is 24.9 Å². The maximum absolute atomic E-state index is 12.6. The minimum Gasteiger partial charge on any atom is -0.493 e. The van der Waals surface area contributed by atoms with Crippen molar-refractivity contribution in [3.8, 4) is 5.75 Å². The lowest BCUT2D eigenvalue weighted by Crippen LogP contribution is -2.44. The predicted octanol–water partition coefficient (Wildman–Crippen LogP) is 2.33. The second kappa shape index (κ2) is 16.5. The summed E-state index contributed by atoms with van der Waals surface area (Å²) >= 11 is 0. The Labute approximate surface area is 192 Å². The first-order valence-corrected chi connectivity index (χ1v) is 11.3. The lowest BCUT2D eigenvalue weighted by atomic mass is 10.1. The van der Waals surface area contributed by atoms with E-state index < -0.39 is 12.0 Å². The molecule has 0 aliphatic carbocycles. The van der Waals surface area contributed by atoms with E-state index in [0.29, 0.717) is 51.9 Å². The van der Waals surface area contributed by atoms with Crippen LogP contribution in [0.3, 0.4) is 0 Å². The summed E-state index contributed by atoms with van der Waals surface area (Å²) in [6.45, 7) is 11.1. The predicted molar refractivity (Wildman–Crippen MR) is 124 cm³/mol. The van der Waals surface area contributed by atoms with Crippen LogP contribution in [0.4, 0.5) is 0 Å². The maximum atomic E-state index is 12.6. The molecule has 0 bridgehead atoms. The van der Waals surface area contributed by atoms with Crippen LogP contribution < -0.4 is 15.8 Å². The molecule has 0 saturated heterocycles. The van der Waals surface area contributed by atoms with Gasteiger partial charge in [0.1, 0.15) is 11.8 Å². The van der Waals surface area contributed by atoms with Crippen molar-refractivity contribution in [2.24, 2.45) is 17.6 Å². The minimum atomic E-state index is -0.767. The minimum absolute atomic E-state index is 0.146. The number of rotatable bonds is 17. The normalized spacial score (nSPS) is 12.1. The van der Waals surface area contributed by atoms with Gasteiger partial charge >= 0.3 is 5.97 Å². The monoisotopic (exact) mass is 452 g/mol. The van der Waals surface area contributed by atoms with Gasteiger partial charge in [0.2, 0.25) is 5.91 Å². The van der Waals surface area contributed by atoms with Crippen molar-refractivity contribution in [3.05, 3.63) is 29.8 Å². The highest BCUT2D eigenvalue weighted by atomic mass is 16.5. The summed E-state index contributed by atoms with van der Waals surface area (Å²) in [6.07, 6.45) is 0.480. The van der Waals surface area contributed by atoms with E-state index >= 15 is 0 Å². The Morgan fingerprint density at radius 3 is 2.12 bits per heavy atom. The first-order chi connectivity index (χ1) is 15.3. The Balaban J connectivity index is 2.58. The zero-order chi connectivity index (χ0) is 23.8. The highest BCUT2D eigenvalue weighted by Crippen LogP contribution is 2.15. The average Bonchev–Trinajstić information content (AvgIpc) is 2.75. The summed E-state index contributed by atoms with van der Waals surface area (Å²) in [7, 11) is 0. The molecule has 1 amide bonds. The number of benzene rings is 1. The number of carbonyl (C=O) groups excluding carboxylic acids is 2. The van der Waals surface area contributed by atoms with E-state index in [0.717, 1.165) is 11.3 Å². The second-order valence-electron chi connectivity index (χ2n) is 8.46. The van der Waals surface area contributed by atoms with Crippen molar-refractivity contribution >= 4 is 11.9 Å². The molecule has 1 aromatic carbocycles. The molecule has 32 heavy (non-hydrogen) atoms. The highest BCUT2D eigenvalue weighted by Gasteiger charge is 2.23. The van der Waals surface area contributed by atoms with Gasteiger partial charge < -0.3 is 30.0 Å². The molecule has 1 atom stereocenters. The molecule has 1 aromatic rings. The summed E-state index contributed by atoms with van der Waals surface area (Å²) in [6, 6.07) is 6.77. The number of esters is 1. The third-order valence-electron chi connectivity index (χ3n) is 4.23. The molecule has 182 valence electrons. The maximum Gasteiger partial charge on any atom is 0.328 e. The number of nitrogens with one attached hydrogen (secondary N) is 1. The van der Waals surface area contributed by atoms with Gasteiger partial charge in [0, 0.05) is 19.4 Å². The molecule has 8 nitrogen and oxygen atoms in total. The standard InChI is InChI=1S/C24H40N2O6/c1-18(2)16-31-21-7-5-20(6-8-21)15-22(24(28)32-17-19(3)4)26-23(27)9-11-29-13-14-30-12-10-25/h5-8,18-19,22H,9-17,25H2,1-4H3,(H,26,27)/t22-/m0/s1. The Morgan fingerprint density at radius 1 is 0.906 bits per heavy atom. The summed E-state index contributed by atoms with van der Waals surface area (Å²) in [5, 5.41) is 2.78. The van der Waals surface area contributed by atoms with Crippen molar-refractivity contribution in [3.63, 3.8) is 0 Å². The van der Waals surface area contributed by atoms with Crippen molar-refractivity contribution in [1.29, 1.82) is 0 Å². The molecule has 8 heteroatoms. The van der Waals surface area contributed by atoms with Gasteiger partial charge in [0.15, 0.2) is 0 Å². The number of hydrogen-bond donors (Lipinski definition) is 2. The SMILES string of the molecule is CC(C)COC(=O)[C@H](Cc1ccc(OCC(C)C)cc1)NC(=O)CCOCCOCCN. The van der Waals surface area contributed by atoms with E-state index in [1.807, 2.05) is 38.1 Å². The molecule has 1 rings (SSSR count). The van der Waals surface area contributed by atoms with Crippen LogP contribution in [-0.4, -0.2) is 64.1 Å². The van der Waals surface area contributed by atoms with Crippen molar-refractivity contribution in [2.45, 2.75) is 46.6 Å². The average molecular weight is 453 g/mol. The topological polar surface area (TPSA) is 109 Å². The largest absolute Gasteiger partial charge is 0.493 e. The lowest BCUT2D eigenvalue weighted by Gasteiger charge is -2.19. The molecule has 0 saturated carbocycles. The van der Waals surface area contributed by atoms with Gasteiger partial charge in [-0.2, -0.15) is 0 Å². The molecule has 0 heterocycles. The van der Waals surface area contributed by atoms with E-state index in [1.54, 1.807) is 0 Å². The first-order valence-electron chi connectivity index (χ1n) is 11.3. The number of nitrogens with two attached hydrogens (primary N) is 1. The van der Waals surface area contributed by atoms with Crippen LogP contribution in [-0.2, 0) is 30.2 Å². The van der Waals surface area contributed by atoms with Crippen molar-refractivity contribution < 1.29 is 28.5 Å². The second-order valence-corrected chi connectivity index (χ2v) is 8.46. The van der Waals surface area contributed by atoms with E-state index in [9.17, 15) is 9.59 Å². The third-order valence-corrected chi connectivity index (χ3v) is 4.23. The van der Waals surface area contributed by atoms with Gasteiger partial charge in [-0.05, 0) is 29.5 Å². The molecule has 0 aromatic heterocycles. The van der Waals surface area contributed by atoms with Gasteiger partial charge in [-0.25, -0.2) is 4.79 Å². The Bertz CT molecular complexity index is 648. The van der Waals surface area contributed by atoms with Gasteiger partial charge in [0.25, 0.3) is 0 Å². The van der Waals surface area contributed by atoms with Crippen LogP contribution in [0.1, 0.15) is 39.7 Å². The first kappa shape index (κ1) is 27.9. The molecular weight excluding hydrogens is 412 g/mol. The van der Waals surface area contributed by atoms with Gasteiger partial charge in [-0.1, -0.05) is 39.8 Å². The smallest absolute Gasteiger partial charge is 0.328 e. The fourth-order valence-corrected chi connectivity index (χ4v) is 2.60. The molecule has 3 N–H and O–H groups in total. The van der Waals surface area contributed by atoms with Crippen LogP contribution in [0.2, 0.25) is 0 Å². The molecule has 0 radical (unpaired) electrons. The van der Waals surface area contributed by atoms with Gasteiger partial charge in [-0.3, -0.25) is 4.79 Å². The van der Waals surface area contributed by atoms with E-state index in [4.69, 9.17) is 24.7 Å². The van der Waals surface area contributed by atoms with Crippen molar-refractivity contribution in [1.82, 2.24) is 5.32 Å². The van der Waals surface area contributed by atoms with Crippen LogP contribution in [0.5, 0.6) is 5.75 Å². The molecule has 0 aliphatic heterocycles. The van der Waals surface area contributed by atoms with Crippen LogP contribution >= 0.6 is 0 Å². The Hall–Kier alpha value is -2.16. The molecule has 0 aliphatic rings. The third kappa shape index (κ3) is 13.3. The fourth-order valence-electron chi connectivity index (χ4n) is 2.60. The lowest BCUT2D eigenvalue weighted by molar-refractivity contribution is -0.149. The summed E-state index contributed by atoms with van der Waals surface area (Å²) in [4.78, 5) is 24.9. The Morgan fingerprint density at radius 2 is 1.53 bits per heavy atom. The molecule has 0 fully saturated rings. The van der Waals surface area contributed by atoms with Crippen molar-refractivity contribution in [2.75, 3.05) is 46.2 Å². The van der Waals surface area contributed by atoms with E-state index in [1.165, 1.54) is 0 Å². The van der Waals surface area contributed by atoms with Crippen LogP contribution in [0.15, 0.2) is 24.3 Å². The quantitative estimate of drug-likeness (QED) is 0.276. The number of hydrogen-bond acceptors (Lipinski definition) is 7. The fraction of sp³-hybridized carbons (Fsp3) is 0.667. The zero-order valence-corrected chi connectivity index (χ0v) is 19.9. The molecular formula is C24H40N2O6. The molecule has 0 spiro atoms. The van der Waals surface area contributed by atoms with Crippen LogP contribution in [0, 0.1) is 11.8 Å². The van der Waals surface area contributed by atoms with Gasteiger partial charge in [-0.15, -0.1) is 0 Å².